The van der Waals surface area contributed by atoms with Crippen molar-refractivity contribution in [2.24, 2.45) is 0 Å². The molecular weight excluding hydrogens is 154 g/mol. The summed E-state index contributed by atoms with van der Waals surface area (Å²) in [5.41, 5.74) is 0. The Morgan fingerprint density at radius 2 is 1.90 bits per heavy atom. The average Bonchev–Trinajstić information content (AvgIpc) is 1.83. The van der Waals surface area contributed by atoms with Crippen LogP contribution in [-0.2, 0) is 0 Å². The largest absolute Gasteiger partial charge is 0.394 e. The highest BCUT2D eigenvalue weighted by Gasteiger charge is 2.00. The average molecular weight is 170 g/mol. The molecule has 0 unspecified atom stereocenters. The van der Waals surface area contributed by atoms with E-state index in [9.17, 15) is 0 Å². The first-order valence-electron chi connectivity index (χ1n) is 3.10. The molecule has 2 N–H and O–H groups in total. The van der Waals surface area contributed by atoms with Crippen LogP contribution in [0, 0.1) is 0 Å². The first-order chi connectivity index (χ1) is 4.16. The van der Waals surface area contributed by atoms with Gasteiger partial charge < -0.3 is 15.1 Å². The van der Waals surface area contributed by atoms with E-state index >= 15 is 0 Å². The van der Waals surface area contributed by atoms with Crippen LogP contribution in [0.3, 0.4) is 0 Å². The van der Waals surface area contributed by atoms with Gasteiger partial charge in [0.25, 0.3) is 0 Å². The van der Waals surface area contributed by atoms with Crippen molar-refractivity contribution in [3.63, 3.8) is 0 Å². The van der Waals surface area contributed by atoms with Gasteiger partial charge in [0.1, 0.15) is 0 Å². The molecule has 4 heteroatoms. The number of rotatable bonds is 4. The molecular formula is C6H16ClNO2. The quantitative estimate of drug-likeness (QED) is 0.608. The lowest BCUT2D eigenvalue weighted by Crippen LogP contribution is -2.21. The predicted octanol–water partition coefficient (Wildman–Crippen LogP) is -0.287. The molecule has 10 heavy (non-hydrogen) atoms. The van der Waals surface area contributed by atoms with E-state index in [0.29, 0.717) is 6.42 Å². The number of aliphatic hydroxyl groups is 2. The monoisotopic (exact) mass is 169 g/mol. The van der Waals surface area contributed by atoms with Crippen LogP contribution in [0.1, 0.15) is 6.42 Å². The third kappa shape index (κ3) is 8.17. The molecule has 0 fully saturated rings. The Hall–Kier alpha value is 0.170. The molecule has 0 aliphatic heterocycles. The normalized spacial score (nSPS) is 12.9. The van der Waals surface area contributed by atoms with Gasteiger partial charge in [-0.05, 0) is 20.5 Å². The zero-order valence-electron chi connectivity index (χ0n) is 6.45. The number of aliphatic hydroxyl groups excluding tert-OH is 2. The second kappa shape index (κ2) is 7.28. The van der Waals surface area contributed by atoms with Gasteiger partial charge >= 0.3 is 0 Å². The molecule has 0 aliphatic rings. The molecule has 0 saturated carbocycles. The molecule has 0 bridgehead atoms. The second-order valence-electron chi connectivity index (χ2n) is 2.43. The Morgan fingerprint density at radius 1 is 1.40 bits per heavy atom. The Kier molecular flexibility index (Phi) is 9.33. The molecule has 0 rings (SSSR count). The lowest BCUT2D eigenvalue weighted by Gasteiger charge is -2.11. The van der Waals surface area contributed by atoms with Crippen molar-refractivity contribution in [3.8, 4) is 0 Å². The summed E-state index contributed by atoms with van der Waals surface area (Å²) in [5.74, 6) is 0. The number of hydrogen-bond donors (Lipinski definition) is 2. The maximum atomic E-state index is 8.83. The first-order valence-corrected chi connectivity index (χ1v) is 3.10. The standard InChI is InChI=1S/C6H15NO2.ClH/c1-7(2)4-3-6(9)5-8;/h6,8-9H,3-5H2,1-2H3;1H/t6-;/m0./s1. The molecule has 0 aliphatic carbocycles. The molecule has 0 spiro atoms. The number of nitrogens with zero attached hydrogens (tertiary/aromatic N) is 1. The lowest BCUT2D eigenvalue weighted by molar-refractivity contribution is 0.0820. The molecule has 0 saturated heterocycles. The summed E-state index contributed by atoms with van der Waals surface area (Å²) in [6, 6.07) is 0. The van der Waals surface area contributed by atoms with Gasteiger partial charge in [0.2, 0.25) is 0 Å². The van der Waals surface area contributed by atoms with E-state index in [1.807, 2.05) is 19.0 Å². The summed E-state index contributed by atoms with van der Waals surface area (Å²) in [6.07, 6.45) is 0.0937. The number of hydrogen-bond acceptors (Lipinski definition) is 3. The molecule has 0 aromatic carbocycles. The molecule has 0 heterocycles. The Bertz CT molecular complexity index is 70.8. The van der Waals surface area contributed by atoms with Crippen molar-refractivity contribution in [2.75, 3.05) is 27.2 Å². The minimum atomic E-state index is -0.549. The highest BCUT2D eigenvalue weighted by atomic mass is 35.5. The highest BCUT2D eigenvalue weighted by Crippen LogP contribution is 1.89. The number of halogens is 1. The maximum absolute atomic E-state index is 8.83. The minimum absolute atomic E-state index is 0. The molecule has 3 nitrogen and oxygen atoms in total. The van der Waals surface area contributed by atoms with Gasteiger partial charge in [-0.1, -0.05) is 0 Å². The summed E-state index contributed by atoms with van der Waals surface area (Å²) in [7, 11) is 3.87. The molecule has 1 atom stereocenters. The third-order valence-corrected chi connectivity index (χ3v) is 1.12. The first kappa shape index (κ1) is 12.8. The smallest absolute Gasteiger partial charge is 0.0783 e. The van der Waals surface area contributed by atoms with Crippen LogP contribution in [0.2, 0.25) is 0 Å². The maximum Gasteiger partial charge on any atom is 0.0783 e. The summed E-state index contributed by atoms with van der Waals surface area (Å²) in [6.45, 7) is 0.690. The second-order valence-corrected chi connectivity index (χ2v) is 2.43. The fraction of sp³-hybridized carbons (Fsp3) is 1.00. The van der Waals surface area contributed by atoms with E-state index in [1.54, 1.807) is 0 Å². The summed E-state index contributed by atoms with van der Waals surface area (Å²) >= 11 is 0. The van der Waals surface area contributed by atoms with E-state index < -0.39 is 6.10 Å². The molecule has 0 aromatic rings. The molecule has 64 valence electrons. The predicted molar refractivity (Wildman–Crippen MR) is 43.5 cm³/mol. The Balaban J connectivity index is 0. The van der Waals surface area contributed by atoms with E-state index in [1.165, 1.54) is 0 Å². The van der Waals surface area contributed by atoms with Gasteiger partial charge in [-0.25, -0.2) is 0 Å². The Morgan fingerprint density at radius 3 is 2.20 bits per heavy atom. The van der Waals surface area contributed by atoms with Crippen LogP contribution in [0.25, 0.3) is 0 Å². The fourth-order valence-corrected chi connectivity index (χ4v) is 0.499. The fourth-order valence-electron chi connectivity index (χ4n) is 0.499. The van der Waals surface area contributed by atoms with Crippen molar-refractivity contribution in [2.45, 2.75) is 12.5 Å². The van der Waals surface area contributed by atoms with E-state index in [2.05, 4.69) is 0 Å². The third-order valence-electron chi connectivity index (χ3n) is 1.12. The van der Waals surface area contributed by atoms with Crippen molar-refractivity contribution in [1.29, 1.82) is 0 Å². The van der Waals surface area contributed by atoms with Crippen LogP contribution < -0.4 is 0 Å². The van der Waals surface area contributed by atoms with Crippen LogP contribution in [0.15, 0.2) is 0 Å². The molecule has 0 radical (unpaired) electrons. The SMILES string of the molecule is CN(C)CC[C@H](O)CO.Cl. The van der Waals surface area contributed by atoms with Crippen molar-refractivity contribution in [3.05, 3.63) is 0 Å². The van der Waals surface area contributed by atoms with Crippen LogP contribution in [0.5, 0.6) is 0 Å². The molecule has 0 amide bonds. The van der Waals surface area contributed by atoms with E-state index in [-0.39, 0.29) is 19.0 Å². The van der Waals surface area contributed by atoms with Gasteiger partial charge in [-0.2, -0.15) is 0 Å². The molecule has 0 aromatic heterocycles. The summed E-state index contributed by atoms with van der Waals surface area (Å²) in [4.78, 5) is 1.97. The van der Waals surface area contributed by atoms with E-state index in [0.717, 1.165) is 6.54 Å². The minimum Gasteiger partial charge on any atom is -0.394 e. The highest BCUT2D eigenvalue weighted by molar-refractivity contribution is 5.85. The van der Waals surface area contributed by atoms with Gasteiger partial charge in [0, 0.05) is 6.54 Å². The Labute approximate surface area is 68.1 Å². The van der Waals surface area contributed by atoms with Crippen LogP contribution in [-0.4, -0.2) is 48.5 Å². The lowest BCUT2D eigenvalue weighted by atomic mass is 10.2. The van der Waals surface area contributed by atoms with Gasteiger partial charge in [0.15, 0.2) is 0 Å². The summed E-state index contributed by atoms with van der Waals surface area (Å²) < 4.78 is 0. The van der Waals surface area contributed by atoms with Crippen molar-refractivity contribution >= 4 is 12.4 Å². The zero-order valence-corrected chi connectivity index (χ0v) is 7.27. The van der Waals surface area contributed by atoms with Crippen molar-refractivity contribution in [1.82, 2.24) is 4.90 Å². The van der Waals surface area contributed by atoms with Gasteiger partial charge in [-0.3, -0.25) is 0 Å². The van der Waals surface area contributed by atoms with E-state index in [4.69, 9.17) is 10.2 Å². The van der Waals surface area contributed by atoms with Crippen LogP contribution >= 0.6 is 12.4 Å². The van der Waals surface area contributed by atoms with Gasteiger partial charge in [0.05, 0.1) is 12.7 Å². The zero-order chi connectivity index (χ0) is 7.28. The summed E-state index contributed by atoms with van der Waals surface area (Å²) in [5, 5.41) is 17.2. The van der Waals surface area contributed by atoms with Crippen molar-refractivity contribution < 1.29 is 10.2 Å². The van der Waals surface area contributed by atoms with Gasteiger partial charge in [-0.15, -0.1) is 12.4 Å². The van der Waals surface area contributed by atoms with Crippen LogP contribution in [0.4, 0.5) is 0 Å². The topological polar surface area (TPSA) is 43.7 Å².